The number of aromatic amines is 2. The second-order valence-corrected chi connectivity index (χ2v) is 16.5. The summed E-state index contributed by atoms with van der Waals surface area (Å²) in [5, 5.41) is 6.02. The standard InChI is InChI=1S/C48H48N8O6/c57-45(33-21-22-33)53-41(31-13-5-3-6-14-31)47(59)55-25-11-18-38(55)43-49-27-36(51-43)17-9-1-2-10-20-40-61-29-35(30-62-40)37-28-50-44(52-37)39-19-12-26-56(39)48(60)42(32-15-7-4-8-16-32)54-46(58)34-23-24-34/h3-8,13-16,27-28,33-35,38-42H,11-12,18-19,21-26,29-30H2,(H,49,51)(H,50,52)(H,53,57)(H,54,58)/t35?,38-,39-,40?,41-,42-/m0/s1. The highest BCUT2D eigenvalue weighted by Crippen LogP contribution is 2.37. The summed E-state index contributed by atoms with van der Waals surface area (Å²) >= 11 is 0. The SMILES string of the molecule is O=C(N[C@H](C(=O)N1CCC[C@H]1c1ncc(C#CC#CC#CC2OCC(c3cnc([C@@H]4CCCN4C(=O)[C@@H](NC(=O)C4CC4)c4ccccc4)[nH]3)CO2)[nH]1)c1ccccc1)C1CC1. The van der Waals surface area contributed by atoms with Gasteiger partial charge >= 0.3 is 0 Å². The van der Waals surface area contributed by atoms with Crippen molar-refractivity contribution in [2.24, 2.45) is 11.8 Å². The number of aromatic nitrogens is 4. The number of hydrogen-bond donors (Lipinski definition) is 4. The predicted molar refractivity (Wildman–Crippen MR) is 226 cm³/mol. The first-order valence-electron chi connectivity index (χ1n) is 21.6. The van der Waals surface area contributed by atoms with E-state index in [-0.39, 0.29) is 53.5 Å². The Morgan fingerprint density at radius 2 is 1.16 bits per heavy atom. The number of benzene rings is 2. The summed E-state index contributed by atoms with van der Waals surface area (Å²) in [4.78, 5) is 73.0. The third-order valence-electron chi connectivity index (χ3n) is 12.1. The number of nitrogens with zero attached hydrogens (tertiary/aromatic N) is 4. The molecule has 2 aromatic heterocycles. The number of rotatable bonds is 11. The number of H-pyrrole nitrogens is 2. The predicted octanol–water partition coefficient (Wildman–Crippen LogP) is 4.51. The van der Waals surface area contributed by atoms with E-state index in [9.17, 15) is 19.2 Å². The van der Waals surface area contributed by atoms with E-state index in [1.54, 1.807) is 17.3 Å². The lowest BCUT2D eigenvalue weighted by Gasteiger charge is -2.29. The maximum absolute atomic E-state index is 14.0. The van der Waals surface area contributed by atoms with Crippen molar-refractivity contribution in [1.29, 1.82) is 0 Å². The summed E-state index contributed by atoms with van der Waals surface area (Å²) in [6.45, 7) is 1.87. The molecule has 5 fully saturated rings. The third kappa shape index (κ3) is 9.45. The minimum atomic E-state index is -0.757. The quantitative estimate of drug-likeness (QED) is 0.160. The van der Waals surface area contributed by atoms with Crippen molar-refractivity contribution in [3.8, 4) is 35.5 Å². The molecule has 14 heteroatoms. The van der Waals surface area contributed by atoms with Crippen molar-refractivity contribution in [1.82, 2.24) is 40.4 Å². The van der Waals surface area contributed by atoms with E-state index in [0.29, 0.717) is 43.6 Å². The highest BCUT2D eigenvalue weighted by molar-refractivity contribution is 5.91. The van der Waals surface area contributed by atoms with E-state index in [1.165, 1.54) is 0 Å². The Kier molecular flexibility index (Phi) is 12.2. The van der Waals surface area contributed by atoms with Gasteiger partial charge in [0.25, 0.3) is 0 Å². The number of hydrogen-bond acceptors (Lipinski definition) is 8. The van der Waals surface area contributed by atoms with Crippen LogP contribution >= 0.6 is 0 Å². The summed E-state index contributed by atoms with van der Waals surface area (Å²) in [5.74, 6) is 17.7. The minimum absolute atomic E-state index is 0.0113. The molecule has 2 aliphatic carbocycles. The first kappa shape index (κ1) is 40.7. The van der Waals surface area contributed by atoms with E-state index in [0.717, 1.165) is 68.2 Å². The fourth-order valence-electron chi connectivity index (χ4n) is 8.36. The Balaban J connectivity index is 0.766. The van der Waals surface area contributed by atoms with Gasteiger partial charge in [0.1, 0.15) is 29.4 Å². The largest absolute Gasteiger partial charge is 0.344 e. The number of likely N-dealkylation sites (tertiary alicyclic amines) is 2. The topological polar surface area (TPSA) is 175 Å². The van der Waals surface area contributed by atoms with Gasteiger partial charge < -0.3 is 39.9 Å². The molecule has 2 saturated carbocycles. The number of carbonyl (C=O) groups excluding carboxylic acids is 4. The van der Waals surface area contributed by atoms with Crippen molar-refractivity contribution in [3.05, 3.63) is 107 Å². The monoisotopic (exact) mass is 832 g/mol. The molecule has 0 radical (unpaired) electrons. The average Bonchev–Trinajstić information content (AvgIpc) is 4.07. The molecule has 14 nitrogen and oxygen atoms in total. The molecule has 5 aliphatic rings. The minimum Gasteiger partial charge on any atom is -0.344 e. The lowest BCUT2D eigenvalue weighted by Crippen LogP contribution is -2.43. The van der Waals surface area contributed by atoms with Crippen LogP contribution in [0.1, 0.15) is 116 Å². The summed E-state index contributed by atoms with van der Waals surface area (Å²) in [5.41, 5.74) is 2.94. The van der Waals surface area contributed by atoms with E-state index in [2.05, 4.69) is 66.1 Å². The Bertz CT molecular complexity index is 2470. The number of amides is 4. The van der Waals surface area contributed by atoms with Crippen LogP contribution in [-0.2, 0) is 28.7 Å². The van der Waals surface area contributed by atoms with Gasteiger partial charge in [0.2, 0.25) is 29.9 Å². The summed E-state index contributed by atoms with van der Waals surface area (Å²) in [6.07, 6.45) is 9.26. The lowest BCUT2D eigenvalue weighted by molar-refractivity contribution is -0.154. The molecular weight excluding hydrogens is 785 g/mol. The van der Waals surface area contributed by atoms with Crippen molar-refractivity contribution in [2.75, 3.05) is 26.3 Å². The Labute approximate surface area is 360 Å². The van der Waals surface area contributed by atoms with E-state index in [1.807, 2.05) is 65.6 Å². The van der Waals surface area contributed by atoms with Crippen LogP contribution in [0.15, 0.2) is 73.1 Å². The molecule has 2 aromatic carbocycles. The van der Waals surface area contributed by atoms with Gasteiger partial charge in [-0.2, -0.15) is 0 Å². The molecule has 4 N–H and O–H groups in total. The molecule has 4 aromatic rings. The molecule has 3 aliphatic heterocycles. The average molecular weight is 833 g/mol. The molecular formula is C48H48N8O6. The molecule has 9 rings (SSSR count). The van der Waals surface area contributed by atoms with Crippen LogP contribution in [-0.4, -0.2) is 86.0 Å². The number of imidazole rings is 2. The smallest absolute Gasteiger partial charge is 0.250 e. The molecule has 62 heavy (non-hydrogen) atoms. The van der Waals surface area contributed by atoms with E-state index in [4.69, 9.17) is 9.47 Å². The van der Waals surface area contributed by atoms with Gasteiger partial charge in [0.15, 0.2) is 0 Å². The van der Waals surface area contributed by atoms with Crippen LogP contribution in [0.4, 0.5) is 0 Å². The van der Waals surface area contributed by atoms with Gasteiger partial charge in [-0.3, -0.25) is 19.2 Å². The normalized spacial score (nSPS) is 22.8. The summed E-state index contributed by atoms with van der Waals surface area (Å²) in [6, 6.07) is 16.8. The van der Waals surface area contributed by atoms with Gasteiger partial charge in [-0.1, -0.05) is 60.7 Å². The highest BCUT2D eigenvalue weighted by Gasteiger charge is 2.41. The van der Waals surface area contributed by atoms with Crippen molar-refractivity contribution in [3.63, 3.8) is 0 Å². The molecule has 4 amide bonds. The molecule has 4 atom stereocenters. The third-order valence-corrected chi connectivity index (χ3v) is 12.1. The Morgan fingerprint density at radius 3 is 1.71 bits per heavy atom. The zero-order chi connectivity index (χ0) is 42.4. The zero-order valence-corrected chi connectivity index (χ0v) is 34.3. The zero-order valence-electron chi connectivity index (χ0n) is 34.3. The van der Waals surface area contributed by atoms with Crippen LogP contribution in [0.2, 0.25) is 0 Å². The van der Waals surface area contributed by atoms with Crippen LogP contribution in [0, 0.1) is 47.4 Å². The molecule has 0 bridgehead atoms. The fraction of sp³-hybridized carbons (Fsp3) is 0.417. The molecule has 5 heterocycles. The van der Waals surface area contributed by atoms with Gasteiger partial charge in [-0.15, -0.1) is 0 Å². The maximum atomic E-state index is 14.0. The maximum Gasteiger partial charge on any atom is 0.250 e. The van der Waals surface area contributed by atoms with Crippen molar-refractivity contribution >= 4 is 23.6 Å². The van der Waals surface area contributed by atoms with E-state index < -0.39 is 18.4 Å². The lowest BCUT2D eigenvalue weighted by atomic mass is 10.0. The van der Waals surface area contributed by atoms with Crippen LogP contribution in [0.3, 0.4) is 0 Å². The van der Waals surface area contributed by atoms with Gasteiger partial charge in [-0.05, 0) is 98.0 Å². The van der Waals surface area contributed by atoms with Crippen molar-refractivity contribution < 1.29 is 28.7 Å². The first-order valence-corrected chi connectivity index (χ1v) is 21.6. The van der Waals surface area contributed by atoms with E-state index >= 15 is 0 Å². The van der Waals surface area contributed by atoms with Crippen molar-refractivity contribution in [2.45, 2.75) is 87.7 Å². The van der Waals surface area contributed by atoms with Gasteiger partial charge in [0.05, 0.1) is 31.5 Å². The summed E-state index contributed by atoms with van der Waals surface area (Å²) in [7, 11) is 0. The molecule has 0 unspecified atom stereocenters. The van der Waals surface area contributed by atoms with Gasteiger partial charge in [0, 0.05) is 42.7 Å². The van der Waals surface area contributed by atoms with Crippen LogP contribution in [0.25, 0.3) is 0 Å². The Hall–Kier alpha value is -6.66. The molecule has 0 spiro atoms. The highest BCUT2D eigenvalue weighted by atomic mass is 16.7. The summed E-state index contributed by atoms with van der Waals surface area (Å²) < 4.78 is 11.8. The molecule has 316 valence electrons. The van der Waals surface area contributed by atoms with Crippen LogP contribution in [0.5, 0.6) is 0 Å². The Morgan fingerprint density at radius 1 is 0.645 bits per heavy atom. The number of nitrogens with one attached hydrogen (secondary N) is 4. The van der Waals surface area contributed by atoms with Gasteiger partial charge in [-0.25, -0.2) is 9.97 Å². The molecule has 3 saturated heterocycles. The first-order chi connectivity index (χ1) is 30.4. The second-order valence-electron chi connectivity index (χ2n) is 16.5. The van der Waals surface area contributed by atoms with Crippen LogP contribution < -0.4 is 10.6 Å². The number of carbonyl (C=O) groups is 4. The fourth-order valence-corrected chi connectivity index (χ4v) is 8.36. The number of ether oxygens (including phenoxy) is 2. The second kappa shape index (κ2) is 18.5.